The fourth-order valence-electron chi connectivity index (χ4n) is 5.14. The van der Waals surface area contributed by atoms with Crippen molar-refractivity contribution >= 4 is 23.8 Å². The summed E-state index contributed by atoms with van der Waals surface area (Å²) in [5.74, 6) is -0.174. The van der Waals surface area contributed by atoms with Gasteiger partial charge in [0, 0.05) is 30.3 Å². The van der Waals surface area contributed by atoms with Crippen LogP contribution in [0.15, 0.2) is 49.7 Å². The highest BCUT2D eigenvalue weighted by atomic mass is 19.1. The molecule has 3 rings (SSSR count). The Hall–Kier alpha value is -3.19. The van der Waals surface area contributed by atoms with Crippen LogP contribution in [0.1, 0.15) is 66.2 Å². The predicted molar refractivity (Wildman–Crippen MR) is 142 cm³/mol. The van der Waals surface area contributed by atoms with Crippen molar-refractivity contribution in [2.75, 3.05) is 33.4 Å². The average molecular weight is 498 g/mol. The van der Waals surface area contributed by atoms with Gasteiger partial charge in [-0.1, -0.05) is 38.3 Å². The number of ketones is 1. The van der Waals surface area contributed by atoms with Gasteiger partial charge in [0.05, 0.1) is 18.4 Å². The predicted octanol–water partition coefficient (Wildman–Crippen LogP) is 5.69. The number of rotatable bonds is 10. The summed E-state index contributed by atoms with van der Waals surface area (Å²) in [6.07, 6.45) is 7.17. The van der Waals surface area contributed by atoms with Gasteiger partial charge >= 0.3 is 0 Å². The van der Waals surface area contributed by atoms with Crippen molar-refractivity contribution in [3.05, 3.63) is 77.9 Å². The first kappa shape index (κ1) is 29.0. The van der Waals surface area contributed by atoms with Gasteiger partial charge in [-0.25, -0.2) is 4.39 Å². The average Bonchev–Trinajstić information content (AvgIpc) is 2.91. The summed E-state index contributed by atoms with van der Waals surface area (Å²) < 4.78 is 22.9. The number of nitrogens with one attached hydrogen (secondary N) is 1. The maximum absolute atomic E-state index is 13.4. The van der Waals surface area contributed by atoms with Gasteiger partial charge in [-0.3, -0.25) is 19.0 Å². The number of halogens is 2. The minimum atomic E-state index is -0.439. The summed E-state index contributed by atoms with van der Waals surface area (Å²) >= 11 is 0. The molecule has 1 aromatic heterocycles. The van der Waals surface area contributed by atoms with Crippen molar-refractivity contribution in [3.63, 3.8) is 0 Å². The molecule has 1 N–H and O–H groups in total. The number of Topliss-reactive ketones (excluding diaryl/α,β-unsaturated/α-hetero) is 1. The topological polar surface area (TPSA) is 62.3 Å². The van der Waals surface area contributed by atoms with E-state index in [-0.39, 0.29) is 23.4 Å². The molecule has 1 amide bonds. The lowest BCUT2D eigenvalue weighted by atomic mass is 9.63. The smallest absolute Gasteiger partial charge is 0.252 e. The maximum Gasteiger partial charge on any atom is 0.252 e. The molecule has 1 aromatic carbocycles. The highest BCUT2D eigenvalue weighted by molar-refractivity contribution is 5.94. The molecule has 0 aliphatic carbocycles. The Kier molecular flexibility index (Phi) is 11.1. The van der Waals surface area contributed by atoms with Crippen LogP contribution in [0, 0.1) is 11.2 Å². The summed E-state index contributed by atoms with van der Waals surface area (Å²) in [6.45, 7) is 14.0. The van der Waals surface area contributed by atoms with Crippen LogP contribution in [0.2, 0.25) is 0 Å². The van der Waals surface area contributed by atoms with E-state index in [1.807, 2.05) is 12.1 Å². The molecule has 1 fully saturated rings. The number of amides is 1. The number of carbonyl (C=O) groups is 2. The van der Waals surface area contributed by atoms with Crippen molar-refractivity contribution in [1.29, 1.82) is 0 Å². The Balaban J connectivity index is 0.00000222. The molecular weight excluding hydrogens is 460 g/mol. The molecular formula is C29H37F2N3O2. The number of benzene rings is 1. The second kappa shape index (κ2) is 13.8. The molecule has 0 spiro atoms. The first-order valence-electron chi connectivity index (χ1n) is 12.2. The second-order valence-corrected chi connectivity index (χ2v) is 8.93. The third-order valence-corrected chi connectivity index (χ3v) is 7.14. The Morgan fingerprint density at radius 2 is 1.81 bits per heavy atom. The highest BCUT2D eigenvalue weighted by Crippen LogP contribution is 2.47. The molecule has 1 aliphatic rings. The van der Waals surface area contributed by atoms with E-state index < -0.39 is 5.41 Å². The molecule has 1 atom stereocenters. The van der Waals surface area contributed by atoms with Crippen LogP contribution in [-0.2, 0) is 4.79 Å². The van der Waals surface area contributed by atoms with Crippen molar-refractivity contribution in [2.24, 2.45) is 5.41 Å². The molecule has 194 valence electrons. The number of hydrogen-bond donors (Lipinski definition) is 1. The number of piperidine rings is 1. The number of likely N-dealkylation sites (tertiary alicyclic amines) is 1. The summed E-state index contributed by atoms with van der Waals surface area (Å²) in [5, 5.41) is 2.96. The molecule has 1 unspecified atom stereocenters. The second-order valence-electron chi connectivity index (χ2n) is 8.93. The summed E-state index contributed by atoms with van der Waals surface area (Å²) in [7, 11) is 0.500. The van der Waals surface area contributed by atoms with E-state index >= 15 is 0 Å². The third kappa shape index (κ3) is 6.72. The molecule has 7 heteroatoms. The van der Waals surface area contributed by atoms with Gasteiger partial charge in [-0.05, 0) is 75.0 Å². The normalized spacial score (nSPS) is 15.7. The van der Waals surface area contributed by atoms with Crippen LogP contribution in [0.4, 0.5) is 8.78 Å². The SMILES string of the molecule is C=Cc1cc(C(=O)NCCN2CCC(C(C)=O)(C(CC)c3ccc(F)cc3)CC2)cnc1C=C.CF. The number of hydrogen-bond acceptors (Lipinski definition) is 4. The fraction of sp³-hybridized carbons (Fsp3) is 0.414. The van der Waals surface area contributed by atoms with Gasteiger partial charge in [-0.2, -0.15) is 0 Å². The van der Waals surface area contributed by atoms with E-state index in [2.05, 4.69) is 35.3 Å². The first-order chi connectivity index (χ1) is 17.3. The van der Waals surface area contributed by atoms with E-state index in [0.29, 0.717) is 31.5 Å². The summed E-state index contributed by atoms with van der Waals surface area (Å²) in [5.41, 5.74) is 2.53. The minimum absolute atomic E-state index is 0.0672. The molecule has 1 aliphatic heterocycles. The monoisotopic (exact) mass is 497 g/mol. The molecule has 0 bridgehead atoms. The number of aromatic nitrogens is 1. The van der Waals surface area contributed by atoms with Crippen molar-refractivity contribution in [1.82, 2.24) is 15.2 Å². The van der Waals surface area contributed by atoms with Gasteiger partial charge in [0.25, 0.3) is 5.91 Å². The van der Waals surface area contributed by atoms with E-state index in [1.165, 1.54) is 12.1 Å². The molecule has 5 nitrogen and oxygen atoms in total. The lowest BCUT2D eigenvalue weighted by Gasteiger charge is -2.45. The summed E-state index contributed by atoms with van der Waals surface area (Å²) in [4.78, 5) is 32.0. The molecule has 2 heterocycles. The van der Waals surface area contributed by atoms with Gasteiger partial charge in [0.2, 0.25) is 0 Å². The van der Waals surface area contributed by atoms with Crippen molar-refractivity contribution in [2.45, 2.75) is 39.0 Å². The van der Waals surface area contributed by atoms with E-state index in [1.54, 1.807) is 31.3 Å². The van der Waals surface area contributed by atoms with Gasteiger partial charge < -0.3 is 10.2 Å². The largest absolute Gasteiger partial charge is 0.351 e. The fourth-order valence-corrected chi connectivity index (χ4v) is 5.14. The quantitative estimate of drug-likeness (QED) is 0.458. The van der Waals surface area contributed by atoms with Gasteiger partial charge in [0.1, 0.15) is 11.6 Å². The molecule has 1 saturated heterocycles. The summed E-state index contributed by atoms with van der Waals surface area (Å²) in [6, 6.07) is 8.33. The zero-order valence-electron chi connectivity index (χ0n) is 21.5. The van der Waals surface area contributed by atoms with E-state index in [0.717, 1.165) is 43.5 Å². The molecule has 36 heavy (non-hydrogen) atoms. The number of alkyl halides is 1. The molecule has 2 aromatic rings. The lowest BCUT2D eigenvalue weighted by Crippen LogP contribution is -2.48. The Bertz CT molecular complexity index is 1040. The standard InChI is InChI=1S/C28H34FN3O2.CH3F/c1-5-21-18-23(19-31-26(21)7-3)27(34)30-14-17-32-15-12-28(13-16-32,20(4)33)25(6-2)22-8-10-24(29)11-9-22;1-2/h5,7-11,18-19,25H,1,3,6,12-17H2,2,4H3,(H,30,34);1H3. The van der Waals surface area contributed by atoms with Crippen LogP contribution in [0.5, 0.6) is 0 Å². The number of nitrogens with zero attached hydrogens (tertiary/aromatic N) is 2. The first-order valence-corrected chi connectivity index (χ1v) is 12.2. The minimum Gasteiger partial charge on any atom is -0.351 e. The Morgan fingerprint density at radius 3 is 2.33 bits per heavy atom. The van der Waals surface area contributed by atoms with Crippen LogP contribution in [-0.4, -0.2) is 54.9 Å². The van der Waals surface area contributed by atoms with Gasteiger partial charge in [0.15, 0.2) is 0 Å². The maximum atomic E-state index is 13.4. The van der Waals surface area contributed by atoms with E-state index in [4.69, 9.17) is 0 Å². The zero-order valence-corrected chi connectivity index (χ0v) is 21.5. The highest BCUT2D eigenvalue weighted by Gasteiger charge is 2.45. The molecule has 0 radical (unpaired) electrons. The van der Waals surface area contributed by atoms with E-state index in [9.17, 15) is 18.4 Å². The van der Waals surface area contributed by atoms with Crippen LogP contribution in [0.25, 0.3) is 12.2 Å². The Morgan fingerprint density at radius 1 is 1.17 bits per heavy atom. The zero-order chi connectivity index (χ0) is 26.7. The van der Waals surface area contributed by atoms with Crippen LogP contribution >= 0.6 is 0 Å². The Labute approximate surface area is 213 Å². The third-order valence-electron chi connectivity index (χ3n) is 7.14. The lowest BCUT2D eigenvalue weighted by molar-refractivity contribution is -0.131. The number of carbonyl (C=O) groups excluding carboxylic acids is 2. The van der Waals surface area contributed by atoms with Gasteiger partial charge in [-0.15, -0.1) is 0 Å². The van der Waals surface area contributed by atoms with Crippen molar-refractivity contribution < 1.29 is 18.4 Å². The van der Waals surface area contributed by atoms with Crippen LogP contribution in [0.3, 0.4) is 0 Å². The molecule has 0 saturated carbocycles. The van der Waals surface area contributed by atoms with Crippen LogP contribution < -0.4 is 5.32 Å². The number of pyridine rings is 1. The van der Waals surface area contributed by atoms with Crippen molar-refractivity contribution in [3.8, 4) is 0 Å².